The molecule has 0 saturated heterocycles. The normalized spacial score (nSPS) is 23.2. The number of aliphatic carboxylic acids is 1. The molecule has 0 aromatic rings. The van der Waals surface area contributed by atoms with E-state index < -0.39 is 5.97 Å². The highest BCUT2D eigenvalue weighted by molar-refractivity contribution is 5.83. The van der Waals surface area contributed by atoms with Gasteiger partial charge in [0.05, 0.1) is 5.92 Å². The van der Waals surface area contributed by atoms with E-state index in [9.17, 15) is 4.79 Å². The largest absolute Gasteiger partial charge is 0.481 e. The Morgan fingerprint density at radius 3 is 2.60 bits per heavy atom. The minimum Gasteiger partial charge on any atom is -0.481 e. The molecule has 0 heterocycles. The van der Waals surface area contributed by atoms with Crippen LogP contribution in [0.4, 0.5) is 0 Å². The van der Waals surface area contributed by atoms with Crippen LogP contribution < -0.4 is 0 Å². The first kappa shape index (κ1) is 7.32. The van der Waals surface area contributed by atoms with Gasteiger partial charge in [0, 0.05) is 0 Å². The van der Waals surface area contributed by atoms with Crippen molar-refractivity contribution in [1.29, 1.82) is 0 Å². The second-order valence-electron chi connectivity index (χ2n) is 2.73. The summed E-state index contributed by atoms with van der Waals surface area (Å²) in [4.78, 5) is 10.4. The van der Waals surface area contributed by atoms with Crippen LogP contribution in [0, 0.1) is 5.92 Å². The molecule has 2 heteroatoms. The molecule has 0 aliphatic heterocycles. The number of carbonyl (C=O) groups is 1. The number of carboxylic acid groups (broad SMARTS) is 1. The summed E-state index contributed by atoms with van der Waals surface area (Å²) in [6.45, 7) is 3.97. The lowest BCUT2D eigenvalue weighted by Gasteiger charge is -1.89. The maximum atomic E-state index is 10.4. The summed E-state index contributed by atoms with van der Waals surface area (Å²) in [5.41, 5.74) is 2.23. The molecule has 0 fully saturated rings. The van der Waals surface area contributed by atoms with Gasteiger partial charge in [-0.1, -0.05) is 24.5 Å². The fraction of sp³-hybridized carbons (Fsp3) is 0.625. The second kappa shape index (κ2) is 2.45. The molecule has 1 rings (SSSR count). The van der Waals surface area contributed by atoms with E-state index in [-0.39, 0.29) is 5.92 Å². The fourth-order valence-electron chi connectivity index (χ4n) is 1.34. The van der Waals surface area contributed by atoms with Crippen LogP contribution in [-0.4, -0.2) is 11.1 Å². The van der Waals surface area contributed by atoms with Gasteiger partial charge in [-0.2, -0.15) is 0 Å². The first-order chi connectivity index (χ1) is 4.68. The van der Waals surface area contributed by atoms with E-state index in [1.807, 2.05) is 6.92 Å². The van der Waals surface area contributed by atoms with Crippen LogP contribution >= 0.6 is 0 Å². The Hall–Kier alpha value is -0.790. The van der Waals surface area contributed by atoms with E-state index in [1.165, 1.54) is 0 Å². The first-order valence-electron chi connectivity index (χ1n) is 3.60. The smallest absolute Gasteiger partial charge is 0.314 e. The molecule has 1 N–H and O–H groups in total. The molecule has 10 heavy (non-hydrogen) atoms. The van der Waals surface area contributed by atoms with Crippen molar-refractivity contribution >= 4 is 5.97 Å². The van der Waals surface area contributed by atoms with Crippen molar-refractivity contribution in [2.24, 2.45) is 5.92 Å². The zero-order valence-corrected chi connectivity index (χ0v) is 6.35. The maximum Gasteiger partial charge on any atom is 0.314 e. The summed E-state index contributed by atoms with van der Waals surface area (Å²) in [5.74, 6) is -0.874. The van der Waals surface area contributed by atoms with E-state index >= 15 is 0 Å². The zero-order valence-electron chi connectivity index (χ0n) is 6.35. The summed E-state index contributed by atoms with van der Waals surface area (Å²) in [6.07, 6.45) is 2.01. The Bertz CT molecular complexity index is 191. The molecule has 1 aliphatic carbocycles. The third kappa shape index (κ3) is 1.06. The summed E-state index contributed by atoms with van der Waals surface area (Å²) in [6, 6.07) is 0. The van der Waals surface area contributed by atoms with Crippen molar-refractivity contribution in [3.05, 3.63) is 11.1 Å². The van der Waals surface area contributed by atoms with Crippen LogP contribution in [0.5, 0.6) is 0 Å². The van der Waals surface area contributed by atoms with Crippen LogP contribution in [-0.2, 0) is 4.79 Å². The highest BCUT2D eigenvalue weighted by atomic mass is 16.4. The molecule has 0 aromatic carbocycles. The Morgan fingerprint density at radius 1 is 1.70 bits per heavy atom. The van der Waals surface area contributed by atoms with Crippen molar-refractivity contribution in [3.63, 3.8) is 0 Å². The molecule has 1 atom stereocenters. The number of carboxylic acids is 1. The Kier molecular flexibility index (Phi) is 1.79. The average Bonchev–Trinajstić information content (AvgIpc) is 2.43. The van der Waals surface area contributed by atoms with Crippen LogP contribution in [0.3, 0.4) is 0 Å². The predicted molar refractivity (Wildman–Crippen MR) is 38.7 cm³/mol. The monoisotopic (exact) mass is 140 g/mol. The zero-order chi connectivity index (χ0) is 7.72. The van der Waals surface area contributed by atoms with Gasteiger partial charge in [-0.15, -0.1) is 0 Å². The molecular weight excluding hydrogens is 128 g/mol. The third-order valence-electron chi connectivity index (χ3n) is 1.97. The van der Waals surface area contributed by atoms with Gasteiger partial charge in [0.2, 0.25) is 0 Å². The lowest BCUT2D eigenvalue weighted by molar-refractivity contribution is -0.138. The molecule has 1 aliphatic rings. The molecule has 56 valence electrons. The minimum absolute atomic E-state index is 0.194. The van der Waals surface area contributed by atoms with Gasteiger partial charge in [-0.05, 0) is 13.3 Å². The van der Waals surface area contributed by atoms with Crippen LogP contribution in [0.15, 0.2) is 11.1 Å². The summed E-state index contributed by atoms with van der Waals surface area (Å²) in [7, 11) is 0. The van der Waals surface area contributed by atoms with Gasteiger partial charge in [-0.3, -0.25) is 4.79 Å². The van der Waals surface area contributed by atoms with Crippen molar-refractivity contribution in [1.82, 2.24) is 0 Å². The second-order valence-corrected chi connectivity index (χ2v) is 2.73. The average molecular weight is 140 g/mol. The van der Waals surface area contributed by atoms with Gasteiger partial charge in [-0.25, -0.2) is 0 Å². The van der Waals surface area contributed by atoms with Crippen LogP contribution in [0.2, 0.25) is 0 Å². The number of rotatable bonds is 3. The molecule has 0 radical (unpaired) electrons. The number of hydrogen-bond acceptors (Lipinski definition) is 1. The topological polar surface area (TPSA) is 37.3 Å². The SMILES string of the molecule is CCCC1=C(C)C1C(=O)O. The van der Waals surface area contributed by atoms with E-state index in [1.54, 1.807) is 0 Å². The lowest BCUT2D eigenvalue weighted by atomic mass is 10.2. The molecule has 1 unspecified atom stereocenters. The number of hydrogen-bond donors (Lipinski definition) is 1. The Labute approximate surface area is 60.6 Å². The molecule has 0 bridgehead atoms. The molecule has 0 spiro atoms. The van der Waals surface area contributed by atoms with Gasteiger partial charge in [0.1, 0.15) is 0 Å². The molecule has 0 saturated carbocycles. The molecule has 0 aromatic heterocycles. The van der Waals surface area contributed by atoms with E-state index in [0.717, 1.165) is 24.0 Å². The van der Waals surface area contributed by atoms with Gasteiger partial charge < -0.3 is 5.11 Å². The van der Waals surface area contributed by atoms with Crippen molar-refractivity contribution in [2.45, 2.75) is 26.7 Å². The molecular formula is C8H12O2. The summed E-state index contributed by atoms with van der Waals surface area (Å²) < 4.78 is 0. The van der Waals surface area contributed by atoms with Gasteiger partial charge >= 0.3 is 5.97 Å². The van der Waals surface area contributed by atoms with Crippen LogP contribution in [0.1, 0.15) is 26.7 Å². The standard InChI is InChI=1S/C8H12O2/c1-3-4-6-5(2)7(6)8(9)10/h7H,3-4H2,1-2H3,(H,9,10). The van der Waals surface area contributed by atoms with Gasteiger partial charge in [0.15, 0.2) is 0 Å². The Morgan fingerprint density at radius 2 is 2.30 bits per heavy atom. The quantitative estimate of drug-likeness (QED) is 0.607. The highest BCUT2D eigenvalue weighted by Gasteiger charge is 2.37. The van der Waals surface area contributed by atoms with E-state index in [0.29, 0.717) is 0 Å². The first-order valence-corrected chi connectivity index (χ1v) is 3.60. The third-order valence-corrected chi connectivity index (χ3v) is 1.97. The lowest BCUT2D eigenvalue weighted by Crippen LogP contribution is -2.01. The van der Waals surface area contributed by atoms with E-state index in [4.69, 9.17) is 5.11 Å². The molecule has 2 nitrogen and oxygen atoms in total. The minimum atomic E-state index is -0.680. The Balaban J connectivity index is 2.43. The summed E-state index contributed by atoms with van der Waals surface area (Å²) in [5, 5.41) is 8.58. The highest BCUT2D eigenvalue weighted by Crippen LogP contribution is 2.41. The fourth-order valence-corrected chi connectivity index (χ4v) is 1.34. The maximum absolute atomic E-state index is 10.4. The summed E-state index contributed by atoms with van der Waals surface area (Å²) >= 11 is 0. The molecule has 0 amide bonds. The van der Waals surface area contributed by atoms with Crippen molar-refractivity contribution in [3.8, 4) is 0 Å². The van der Waals surface area contributed by atoms with Gasteiger partial charge in [0.25, 0.3) is 0 Å². The van der Waals surface area contributed by atoms with Crippen molar-refractivity contribution < 1.29 is 9.90 Å². The van der Waals surface area contributed by atoms with Crippen molar-refractivity contribution in [2.75, 3.05) is 0 Å². The predicted octanol–water partition coefficient (Wildman–Crippen LogP) is 1.82. The van der Waals surface area contributed by atoms with Crippen LogP contribution in [0.25, 0.3) is 0 Å². The van der Waals surface area contributed by atoms with E-state index in [2.05, 4.69) is 6.92 Å².